The van der Waals surface area contributed by atoms with Crippen molar-refractivity contribution in [2.45, 2.75) is 12.3 Å². The van der Waals surface area contributed by atoms with Crippen LogP contribution in [-0.2, 0) is 11.2 Å². The minimum atomic E-state index is -0.821. The van der Waals surface area contributed by atoms with Crippen molar-refractivity contribution in [1.82, 2.24) is 0 Å². The molecule has 17 heavy (non-hydrogen) atoms. The van der Waals surface area contributed by atoms with Gasteiger partial charge in [-0.05, 0) is 46.5 Å². The minimum Gasteiger partial charge on any atom is -0.481 e. The summed E-state index contributed by atoms with van der Waals surface area (Å²) in [6.45, 7) is 0. The Bertz CT molecular complexity index is 508. The lowest BCUT2D eigenvalue weighted by atomic mass is 9.93. The van der Waals surface area contributed by atoms with Crippen molar-refractivity contribution in [2.24, 2.45) is 0 Å². The van der Waals surface area contributed by atoms with Crippen molar-refractivity contribution in [3.63, 3.8) is 0 Å². The molecule has 1 heterocycles. The van der Waals surface area contributed by atoms with Gasteiger partial charge in [-0.1, -0.05) is 23.7 Å². The SMILES string of the molecule is O=C(O)C(Cc1ccsc1)c1cccc(Cl)c1. The molecule has 2 aromatic rings. The zero-order valence-electron chi connectivity index (χ0n) is 8.97. The zero-order chi connectivity index (χ0) is 12.3. The number of hydrogen-bond donors (Lipinski definition) is 1. The third-order valence-electron chi connectivity index (χ3n) is 2.57. The normalized spacial score (nSPS) is 12.3. The van der Waals surface area contributed by atoms with Crippen LogP contribution in [0, 0.1) is 0 Å². The highest BCUT2D eigenvalue weighted by Crippen LogP contribution is 2.24. The van der Waals surface area contributed by atoms with Gasteiger partial charge in [0.05, 0.1) is 5.92 Å². The van der Waals surface area contributed by atoms with Gasteiger partial charge >= 0.3 is 5.97 Å². The molecule has 0 amide bonds. The van der Waals surface area contributed by atoms with Gasteiger partial charge in [-0.25, -0.2) is 0 Å². The van der Waals surface area contributed by atoms with Crippen LogP contribution in [0.25, 0.3) is 0 Å². The van der Waals surface area contributed by atoms with Crippen LogP contribution >= 0.6 is 22.9 Å². The largest absolute Gasteiger partial charge is 0.481 e. The van der Waals surface area contributed by atoms with Gasteiger partial charge < -0.3 is 5.11 Å². The van der Waals surface area contributed by atoms with Crippen LogP contribution in [0.1, 0.15) is 17.0 Å². The topological polar surface area (TPSA) is 37.3 Å². The molecule has 2 rings (SSSR count). The minimum absolute atomic E-state index is 0.499. The Hall–Kier alpha value is -1.32. The Morgan fingerprint density at radius 3 is 2.82 bits per heavy atom. The van der Waals surface area contributed by atoms with E-state index in [2.05, 4.69) is 0 Å². The number of benzene rings is 1. The summed E-state index contributed by atoms with van der Waals surface area (Å²) in [4.78, 5) is 11.3. The summed E-state index contributed by atoms with van der Waals surface area (Å²) in [6.07, 6.45) is 0.499. The maximum atomic E-state index is 11.3. The van der Waals surface area contributed by atoms with E-state index in [4.69, 9.17) is 11.6 Å². The Balaban J connectivity index is 2.26. The fourth-order valence-corrected chi connectivity index (χ4v) is 2.60. The number of carboxylic acids is 1. The number of rotatable bonds is 4. The molecule has 0 radical (unpaired) electrons. The van der Waals surface area contributed by atoms with Crippen LogP contribution in [0.2, 0.25) is 5.02 Å². The van der Waals surface area contributed by atoms with Crippen molar-refractivity contribution in [2.75, 3.05) is 0 Å². The fraction of sp³-hybridized carbons (Fsp3) is 0.154. The molecule has 88 valence electrons. The molecule has 0 aliphatic heterocycles. The van der Waals surface area contributed by atoms with Gasteiger partial charge in [-0.2, -0.15) is 11.3 Å². The van der Waals surface area contributed by atoms with Crippen LogP contribution in [0.5, 0.6) is 0 Å². The first-order valence-corrected chi connectivity index (χ1v) is 6.48. The highest BCUT2D eigenvalue weighted by atomic mass is 35.5. The predicted octanol–water partition coefficient (Wildman–Crippen LogP) is 3.81. The standard InChI is InChI=1S/C13H11ClO2S/c14-11-3-1-2-10(7-11)12(13(15)16)6-9-4-5-17-8-9/h1-5,7-8,12H,6H2,(H,15,16). The Labute approximate surface area is 108 Å². The van der Waals surface area contributed by atoms with E-state index in [1.165, 1.54) is 0 Å². The first-order valence-electron chi connectivity index (χ1n) is 5.16. The summed E-state index contributed by atoms with van der Waals surface area (Å²) in [7, 11) is 0. The molecule has 4 heteroatoms. The zero-order valence-corrected chi connectivity index (χ0v) is 10.5. The van der Waals surface area contributed by atoms with E-state index in [0.717, 1.165) is 11.1 Å². The highest BCUT2D eigenvalue weighted by molar-refractivity contribution is 7.07. The summed E-state index contributed by atoms with van der Waals surface area (Å²) in [5.74, 6) is -1.36. The first kappa shape index (κ1) is 12.1. The van der Waals surface area contributed by atoms with Crippen LogP contribution in [0.4, 0.5) is 0 Å². The van der Waals surface area contributed by atoms with E-state index in [-0.39, 0.29) is 0 Å². The molecular weight excluding hydrogens is 256 g/mol. The Morgan fingerprint density at radius 1 is 1.41 bits per heavy atom. The van der Waals surface area contributed by atoms with Gasteiger partial charge in [-0.3, -0.25) is 4.79 Å². The van der Waals surface area contributed by atoms with E-state index in [9.17, 15) is 9.90 Å². The van der Waals surface area contributed by atoms with Crippen molar-refractivity contribution < 1.29 is 9.90 Å². The van der Waals surface area contributed by atoms with E-state index < -0.39 is 11.9 Å². The Morgan fingerprint density at radius 2 is 2.24 bits per heavy atom. The molecule has 1 aromatic heterocycles. The number of aliphatic carboxylic acids is 1. The number of hydrogen-bond acceptors (Lipinski definition) is 2. The van der Waals surface area contributed by atoms with Crippen molar-refractivity contribution in [3.05, 3.63) is 57.2 Å². The molecule has 0 aliphatic rings. The van der Waals surface area contributed by atoms with Crippen molar-refractivity contribution in [3.8, 4) is 0 Å². The number of carboxylic acid groups (broad SMARTS) is 1. The van der Waals surface area contributed by atoms with Gasteiger partial charge in [0.15, 0.2) is 0 Å². The molecule has 1 atom stereocenters. The van der Waals surface area contributed by atoms with Crippen molar-refractivity contribution >= 4 is 28.9 Å². The maximum absolute atomic E-state index is 11.3. The lowest BCUT2D eigenvalue weighted by molar-refractivity contribution is -0.138. The summed E-state index contributed by atoms with van der Waals surface area (Å²) in [5, 5.41) is 13.8. The summed E-state index contributed by atoms with van der Waals surface area (Å²) < 4.78 is 0. The average molecular weight is 267 g/mol. The molecule has 0 bridgehead atoms. The quantitative estimate of drug-likeness (QED) is 0.914. The monoisotopic (exact) mass is 266 g/mol. The van der Waals surface area contributed by atoms with Gasteiger partial charge in [0.1, 0.15) is 0 Å². The van der Waals surface area contributed by atoms with Gasteiger partial charge in [0, 0.05) is 5.02 Å². The van der Waals surface area contributed by atoms with Crippen LogP contribution < -0.4 is 0 Å². The van der Waals surface area contributed by atoms with Crippen LogP contribution in [0.15, 0.2) is 41.1 Å². The molecule has 0 saturated heterocycles. The van der Waals surface area contributed by atoms with Gasteiger partial charge in [0.25, 0.3) is 0 Å². The summed E-state index contributed by atoms with van der Waals surface area (Å²) >= 11 is 7.46. The first-order chi connectivity index (χ1) is 8.16. The molecule has 0 aliphatic carbocycles. The fourth-order valence-electron chi connectivity index (χ4n) is 1.72. The van der Waals surface area contributed by atoms with E-state index >= 15 is 0 Å². The predicted molar refractivity (Wildman–Crippen MR) is 69.9 cm³/mol. The van der Waals surface area contributed by atoms with Gasteiger partial charge in [-0.15, -0.1) is 0 Å². The summed E-state index contributed by atoms with van der Waals surface area (Å²) in [5.41, 5.74) is 1.79. The van der Waals surface area contributed by atoms with Crippen LogP contribution in [-0.4, -0.2) is 11.1 Å². The Kier molecular flexibility index (Phi) is 3.82. The average Bonchev–Trinajstić information content (AvgIpc) is 2.78. The summed E-state index contributed by atoms with van der Waals surface area (Å²) in [6, 6.07) is 8.99. The number of thiophene rings is 1. The second-order valence-electron chi connectivity index (χ2n) is 3.78. The lowest BCUT2D eigenvalue weighted by Crippen LogP contribution is -2.14. The molecular formula is C13H11ClO2S. The third-order valence-corrected chi connectivity index (χ3v) is 3.54. The molecule has 1 unspecified atom stereocenters. The number of halogens is 1. The molecule has 0 fully saturated rings. The molecule has 2 nitrogen and oxygen atoms in total. The molecule has 0 spiro atoms. The highest BCUT2D eigenvalue weighted by Gasteiger charge is 2.20. The smallest absolute Gasteiger partial charge is 0.311 e. The number of carbonyl (C=O) groups is 1. The van der Waals surface area contributed by atoms with Crippen molar-refractivity contribution in [1.29, 1.82) is 0 Å². The lowest BCUT2D eigenvalue weighted by Gasteiger charge is -2.12. The second kappa shape index (κ2) is 5.34. The van der Waals surface area contributed by atoms with E-state index in [1.54, 1.807) is 35.6 Å². The second-order valence-corrected chi connectivity index (χ2v) is 5.00. The molecule has 1 aromatic carbocycles. The molecule has 1 N–H and O–H groups in total. The van der Waals surface area contributed by atoms with E-state index in [0.29, 0.717) is 11.4 Å². The third kappa shape index (κ3) is 3.08. The van der Waals surface area contributed by atoms with E-state index in [1.807, 2.05) is 16.8 Å². The van der Waals surface area contributed by atoms with Crippen LogP contribution in [0.3, 0.4) is 0 Å². The van der Waals surface area contributed by atoms with Gasteiger partial charge in [0.2, 0.25) is 0 Å². The maximum Gasteiger partial charge on any atom is 0.311 e. The molecule has 0 saturated carbocycles.